The van der Waals surface area contributed by atoms with Crippen LogP contribution in [0.5, 0.6) is 5.75 Å². The fraction of sp³-hybridized carbons (Fsp3) is 0.238. The highest BCUT2D eigenvalue weighted by Crippen LogP contribution is 2.31. The van der Waals surface area contributed by atoms with Crippen LogP contribution < -0.4 is 10.1 Å². The molecule has 0 bridgehead atoms. The Morgan fingerprint density at radius 1 is 1.13 bits per heavy atom. The van der Waals surface area contributed by atoms with Gasteiger partial charge in [-0.2, -0.15) is 0 Å². The van der Waals surface area contributed by atoms with Gasteiger partial charge in [0.2, 0.25) is 5.95 Å². The number of nitrogens with zero attached hydrogens (tertiary/aromatic N) is 2. The zero-order chi connectivity index (χ0) is 21.9. The molecule has 3 aromatic rings. The topological polar surface area (TPSA) is 81.2 Å². The van der Waals surface area contributed by atoms with Gasteiger partial charge in [-0.1, -0.05) is 12.1 Å². The van der Waals surface area contributed by atoms with Gasteiger partial charge in [-0.3, -0.25) is 0 Å². The summed E-state index contributed by atoms with van der Waals surface area (Å²) in [6, 6.07) is 10.5. The molecular weight excluding hydrogens is 412 g/mol. The highest BCUT2D eigenvalue weighted by Gasteiger charge is 2.18. The van der Waals surface area contributed by atoms with Crippen LogP contribution in [0.3, 0.4) is 0 Å². The maximum absolute atomic E-state index is 14.4. The summed E-state index contributed by atoms with van der Waals surface area (Å²) in [5.41, 5.74) is 1.38. The molecule has 0 spiro atoms. The lowest BCUT2D eigenvalue weighted by Gasteiger charge is -2.12. The molecule has 1 aromatic heterocycles. The summed E-state index contributed by atoms with van der Waals surface area (Å²) >= 11 is 0. The molecule has 3 rings (SSSR count). The number of rotatable bonds is 7. The molecule has 0 fully saturated rings. The molecule has 2 aromatic carbocycles. The van der Waals surface area contributed by atoms with Crippen LogP contribution in [0, 0.1) is 11.6 Å². The van der Waals surface area contributed by atoms with Crippen LogP contribution in [-0.2, 0) is 15.6 Å². The maximum Gasteiger partial charge on any atom is 0.227 e. The molecule has 158 valence electrons. The Morgan fingerprint density at radius 2 is 1.90 bits per heavy atom. The molecule has 9 heteroatoms. The average molecular weight is 433 g/mol. The monoisotopic (exact) mass is 433 g/mol. The van der Waals surface area contributed by atoms with E-state index in [-0.39, 0.29) is 28.7 Å². The summed E-state index contributed by atoms with van der Waals surface area (Å²) in [5, 5.41) is 2.46. The van der Waals surface area contributed by atoms with Crippen molar-refractivity contribution in [1.29, 1.82) is 0 Å². The van der Waals surface area contributed by atoms with Crippen molar-refractivity contribution < 1.29 is 21.9 Å². The van der Waals surface area contributed by atoms with E-state index in [1.807, 2.05) is 0 Å². The first-order chi connectivity index (χ1) is 14.2. The Bertz CT molecular complexity index is 1170. The third-order valence-corrected chi connectivity index (χ3v) is 6.60. The fourth-order valence-electron chi connectivity index (χ4n) is 2.74. The smallest absolute Gasteiger partial charge is 0.227 e. The molecule has 0 radical (unpaired) electrons. The second kappa shape index (κ2) is 8.74. The predicted octanol–water partition coefficient (Wildman–Crippen LogP) is 4.50. The van der Waals surface area contributed by atoms with E-state index in [4.69, 9.17) is 4.74 Å². The summed E-state index contributed by atoms with van der Waals surface area (Å²) in [6.07, 6.45) is 1.00. The fourth-order valence-corrected chi connectivity index (χ4v) is 3.72. The minimum atomic E-state index is -3.25. The van der Waals surface area contributed by atoms with E-state index in [2.05, 4.69) is 15.3 Å². The normalized spacial score (nSPS) is 11.5. The number of sulfone groups is 1. The molecule has 1 heterocycles. The largest absolute Gasteiger partial charge is 0.496 e. The first kappa shape index (κ1) is 21.6. The van der Waals surface area contributed by atoms with E-state index in [9.17, 15) is 17.2 Å². The van der Waals surface area contributed by atoms with E-state index >= 15 is 0 Å². The van der Waals surface area contributed by atoms with Crippen LogP contribution in [0.1, 0.15) is 19.4 Å². The second-order valence-electron chi connectivity index (χ2n) is 6.92. The number of anilines is 2. The van der Waals surface area contributed by atoms with E-state index in [0.29, 0.717) is 11.3 Å². The van der Waals surface area contributed by atoms with Gasteiger partial charge in [0.15, 0.2) is 15.7 Å². The van der Waals surface area contributed by atoms with Gasteiger partial charge in [-0.15, -0.1) is 0 Å². The lowest BCUT2D eigenvalue weighted by atomic mass is 10.1. The number of hydrogen-bond donors (Lipinski definition) is 1. The standard InChI is InChI=1S/C21H21F2N3O3S/c1-13(2)30(27,28)12-14-5-4-6-16(9-14)25-21-24-11-18(23)20(26-21)17-8-7-15(22)10-19(17)29-3/h4-11,13H,12H2,1-3H3,(H,24,25,26). The second-order valence-corrected chi connectivity index (χ2v) is 9.47. The van der Waals surface area contributed by atoms with Gasteiger partial charge >= 0.3 is 0 Å². The zero-order valence-electron chi connectivity index (χ0n) is 16.7. The van der Waals surface area contributed by atoms with E-state index in [1.165, 1.54) is 19.2 Å². The number of hydrogen-bond acceptors (Lipinski definition) is 6. The van der Waals surface area contributed by atoms with Gasteiger partial charge in [0.1, 0.15) is 17.3 Å². The Hall–Kier alpha value is -3.07. The van der Waals surface area contributed by atoms with E-state index < -0.39 is 26.7 Å². The van der Waals surface area contributed by atoms with Crippen LogP contribution in [0.25, 0.3) is 11.3 Å². The zero-order valence-corrected chi connectivity index (χ0v) is 17.5. The number of ether oxygens (including phenoxy) is 1. The molecule has 0 aliphatic rings. The third-order valence-electron chi connectivity index (χ3n) is 4.43. The SMILES string of the molecule is COc1cc(F)ccc1-c1nc(Nc2cccc(CS(=O)(=O)C(C)C)c2)ncc1F. The van der Waals surface area contributed by atoms with E-state index in [1.54, 1.807) is 38.1 Å². The molecule has 1 N–H and O–H groups in total. The molecule has 0 atom stereocenters. The molecule has 6 nitrogen and oxygen atoms in total. The van der Waals surface area contributed by atoms with Gasteiger partial charge in [-0.25, -0.2) is 27.2 Å². The summed E-state index contributed by atoms with van der Waals surface area (Å²) in [7, 11) is -1.90. The van der Waals surface area contributed by atoms with Crippen molar-refractivity contribution >= 4 is 21.5 Å². The highest BCUT2D eigenvalue weighted by molar-refractivity contribution is 7.91. The van der Waals surface area contributed by atoms with Gasteiger partial charge in [0.25, 0.3) is 0 Å². The summed E-state index contributed by atoms with van der Waals surface area (Å²) in [4.78, 5) is 8.13. The van der Waals surface area contributed by atoms with Crippen LogP contribution >= 0.6 is 0 Å². The maximum atomic E-state index is 14.4. The predicted molar refractivity (Wildman–Crippen MR) is 111 cm³/mol. The van der Waals surface area contributed by atoms with Crippen molar-refractivity contribution in [2.45, 2.75) is 24.9 Å². The summed E-state index contributed by atoms with van der Waals surface area (Å²) < 4.78 is 57.3. The molecule has 30 heavy (non-hydrogen) atoms. The molecule has 0 saturated heterocycles. The third kappa shape index (κ3) is 4.91. The number of benzene rings is 2. The molecule has 0 amide bonds. The quantitative estimate of drug-likeness (QED) is 0.591. The van der Waals surface area contributed by atoms with Crippen molar-refractivity contribution in [1.82, 2.24) is 9.97 Å². The Balaban J connectivity index is 1.91. The van der Waals surface area contributed by atoms with Crippen LogP contribution in [-0.4, -0.2) is 30.7 Å². The molecule has 0 saturated carbocycles. The first-order valence-corrected chi connectivity index (χ1v) is 10.8. The Morgan fingerprint density at radius 3 is 2.60 bits per heavy atom. The van der Waals surface area contributed by atoms with Crippen LogP contribution in [0.2, 0.25) is 0 Å². The molecular formula is C21H21F2N3O3S. The molecule has 0 unspecified atom stereocenters. The molecule has 0 aliphatic heterocycles. The Labute approximate surface area is 173 Å². The van der Waals surface area contributed by atoms with Crippen LogP contribution in [0.4, 0.5) is 20.4 Å². The Kier molecular flexibility index (Phi) is 6.31. The van der Waals surface area contributed by atoms with Gasteiger partial charge in [-0.05, 0) is 43.7 Å². The summed E-state index contributed by atoms with van der Waals surface area (Å²) in [6.45, 7) is 3.27. The number of aromatic nitrogens is 2. The first-order valence-electron chi connectivity index (χ1n) is 9.13. The van der Waals surface area contributed by atoms with Crippen molar-refractivity contribution in [3.05, 3.63) is 65.9 Å². The number of nitrogens with one attached hydrogen (secondary N) is 1. The number of halogens is 2. The van der Waals surface area contributed by atoms with Gasteiger partial charge < -0.3 is 10.1 Å². The summed E-state index contributed by atoms with van der Waals surface area (Å²) in [5.74, 6) is -1.07. The average Bonchev–Trinajstić information content (AvgIpc) is 2.69. The van der Waals surface area contributed by atoms with Gasteiger partial charge in [0.05, 0.1) is 24.3 Å². The minimum absolute atomic E-state index is 0.0529. The van der Waals surface area contributed by atoms with Crippen molar-refractivity contribution in [2.75, 3.05) is 12.4 Å². The van der Waals surface area contributed by atoms with Crippen molar-refractivity contribution in [3.8, 4) is 17.0 Å². The van der Waals surface area contributed by atoms with E-state index in [0.717, 1.165) is 12.3 Å². The van der Waals surface area contributed by atoms with Crippen LogP contribution in [0.15, 0.2) is 48.7 Å². The van der Waals surface area contributed by atoms with Gasteiger partial charge in [0, 0.05) is 17.3 Å². The number of methoxy groups -OCH3 is 1. The van der Waals surface area contributed by atoms with Crippen molar-refractivity contribution in [2.24, 2.45) is 0 Å². The highest BCUT2D eigenvalue weighted by atomic mass is 32.2. The van der Waals surface area contributed by atoms with Crippen molar-refractivity contribution in [3.63, 3.8) is 0 Å². The lowest BCUT2D eigenvalue weighted by molar-refractivity contribution is 0.412. The lowest BCUT2D eigenvalue weighted by Crippen LogP contribution is -2.16. The minimum Gasteiger partial charge on any atom is -0.496 e. The molecule has 0 aliphatic carbocycles.